The number of aromatic nitrogens is 4. The zero-order chi connectivity index (χ0) is 42.5. The smallest absolute Gasteiger partial charge is 0.280 e. The Labute approximate surface area is 362 Å². The molecular weight excluding hydrogens is 806 g/mol. The van der Waals surface area contributed by atoms with Gasteiger partial charge < -0.3 is 23.5 Å². The molecule has 5 heterocycles. The van der Waals surface area contributed by atoms with Crippen molar-refractivity contribution in [2.45, 2.75) is 62.6 Å². The molecule has 0 spiro atoms. The number of carbonyl (C=O) groups is 1. The first-order valence-corrected chi connectivity index (χ1v) is 22.5. The molecule has 1 amide bonds. The maximum Gasteiger partial charge on any atom is 0.280 e. The Morgan fingerprint density at radius 1 is 0.806 bits per heavy atom. The zero-order valence-corrected chi connectivity index (χ0v) is 35.9. The Balaban J connectivity index is 1.08. The minimum atomic E-state index is -1.08. The molecule has 3 aliphatic heterocycles. The van der Waals surface area contributed by atoms with Crippen LogP contribution in [0.1, 0.15) is 60.6 Å². The molecule has 3 fully saturated rings. The number of methoxy groups -OCH3 is 2. The lowest BCUT2D eigenvalue weighted by molar-refractivity contribution is -0.115. The van der Waals surface area contributed by atoms with Crippen LogP contribution in [-0.2, 0) is 30.8 Å². The molecule has 9 rings (SSSR count). The minimum absolute atomic E-state index is 0.0362. The van der Waals surface area contributed by atoms with Crippen LogP contribution in [0.4, 0.5) is 5.95 Å². The van der Waals surface area contributed by atoms with Crippen LogP contribution < -0.4 is 20.3 Å². The van der Waals surface area contributed by atoms with Crippen LogP contribution >= 0.6 is 8.45 Å². The summed E-state index contributed by atoms with van der Waals surface area (Å²) < 4.78 is 39.7. The molecule has 0 bridgehead atoms. The molecule has 3 atom stereocenters. The van der Waals surface area contributed by atoms with Crippen LogP contribution in [0.15, 0.2) is 120 Å². The maximum atomic E-state index is 13.4. The summed E-state index contributed by atoms with van der Waals surface area (Å²) in [5.74, 6) is 1.20. The SMILES string of the molecule is COc1ccc(C(OC[C@H]2O[C@@H](n3cnc4c(=O)[nH]c(NC(=O)Cc5ccccc5)nc43)C[C@@H]2OP(N2CCCC2)N2CCCC2)(c2ccccc2)c2ccc(OC)cc2)cc1. The lowest BCUT2D eigenvalue weighted by Crippen LogP contribution is -2.39. The zero-order valence-electron chi connectivity index (χ0n) is 35.0. The number of amides is 1. The fraction of sp³-hybridized carbons (Fsp3) is 0.362. The van der Waals surface area contributed by atoms with Gasteiger partial charge in [-0.15, -0.1) is 0 Å². The summed E-state index contributed by atoms with van der Waals surface area (Å²) >= 11 is 0. The lowest BCUT2D eigenvalue weighted by Gasteiger charge is -2.38. The highest BCUT2D eigenvalue weighted by Gasteiger charge is 2.45. The molecule has 0 aliphatic carbocycles. The van der Waals surface area contributed by atoms with Crippen molar-refractivity contribution in [2.75, 3.05) is 52.3 Å². The quantitative estimate of drug-likeness (QED) is 0.0742. The van der Waals surface area contributed by atoms with E-state index in [-0.39, 0.29) is 30.4 Å². The Morgan fingerprint density at radius 2 is 1.37 bits per heavy atom. The Morgan fingerprint density at radius 3 is 1.95 bits per heavy atom. The van der Waals surface area contributed by atoms with Crippen molar-refractivity contribution < 1.29 is 28.3 Å². The van der Waals surface area contributed by atoms with Crippen molar-refractivity contribution in [3.05, 3.63) is 148 Å². The number of H-pyrrole nitrogens is 1. The van der Waals surface area contributed by atoms with Gasteiger partial charge in [0, 0.05) is 32.6 Å². The molecule has 15 heteroatoms. The van der Waals surface area contributed by atoms with Gasteiger partial charge in [0.1, 0.15) is 29.4 Å². The predicted octanol–water partition coefficient (Wildman–Crippen LogP) is 7.42. The van der Waals surface area contributed by atoms with Crippen molar-refractivity contribution in [1.29, 1.82) is 0 Å². The van der Waals surface area contributed by atoms with E-state index in [0.29, 0.717) is 12.1 Å². The fourth-order valence-electron chi connectivity index (χ4n) is 8.74. The second-order valence-corrected chi connectivity index (χ2v) is 17.7. The van der Waals surface area contributed by atoms with Crippen molar-refractivity contribution in [1.82, 2.24) is 28.9 Å². The van der Waals surface area contributed by atoms with E-state index in [0.717, 1.165) is 85.6 Å². The van der Waals surface area contributed by atoms with E-state index < -0.39 is 38.0 Å². The number of hydrogen-bond acceptors (Lipinski definition) is 11. The second kappa shape index (κ2) is 18.9. The van der Waals surface area contributed by atoms with Crippen LogP contribution in [0, 0.1) is 0 Å². The summed E-state index contributed by atoms with van der Waals surface area (Å²) in [6.07, 6.45) is 5.18. The first kappa shape index (κ1) is 41.9. The number of aromatic amines is 1. The number of fused-ring (bicyclic) bond motifs is 1. The topological polar surface area (TPSA) is 145 Å². The molecule has 0 radical (unpaired) electrons. The minimum Gasteiger partial charge on any atom is -0.497 e. The van der Waals surface area contributed by atoms with Crippen molar-refractivity contribution >= 4 is 31.5 Å². The summed E-state index contributed by atoms with van der Waals surface area (Å²) in [5.41, 5.74) is 2.49. The normalized spacial score (nSPS) is 19.7. The molecule has 0 saturated carbocycles. The van der Waals surface area contributed by atoms with Crippen LogP contribution in [0.25, 0.3) is 11.2 Å². The Kier molecular flexibility index (Phi) is 12.7. The average molecular weight is 858 g/mol. The molecule has 3 aliphatic rings. The van der Waals surface area contributed by atoms with Crippen LogP contribution in [0.2, 0.25) is 0 Å². The molecule has 4 aromatic carbocycles. The fourth-order valence-corrected chi connectivity index (χ4v) is 11.1. The van der Waals surface area contributed by atoms with E-state index in [4.69, 9.17) is 28.5 Å². The van der Waals surface area contributed by atoms with Crippen LogP contribution in [0.3, 0.4) is 0 Å². The number of nitrogens with one attached hydrogen (secondary N) is 2. The summed E-state index contributed by atoms with van der Waals surface area (Å²) in [6, 6.07) is 35.6. The van der Waals surface area contributed by atoms with Gasteiger partial charge in [0.05, 0.1) is 39.7 Å². The molecular formula is C47H52N7O7P. The first-order chi connectivity index (χ1) is 30.4. The number of carbonyl (C=O) groups excluding carboxylic acids is 1. The third-order valence-corrected chi connectivity index (χ3v) is 14.1. The number of benzene rings is 4. The van der Waals surface area contributed by atoms with Gasteiger partial charge in [-0.2, -0.15) is 4.98 Å². The third kappa shape index (κ3) is 8.76. The number of anilines is 1. The molecule has 6 aromatic rings. The second-order valence-electron chi connectivity index (χ2n) is 15.8. The van der Waals surface area contributed by atoms with E-state index in [1.165, 1.54) is 0 Å². The van der Waals surface area contributed by atoms with E-state index in [2.05, 4.69) is 36.8 Å². The van der Waals surface area contributed by atoms with Gasteiger partial charge in [0.25, 0.3) is 5.56 Å². The molecule has 3 saturated heterocycles. The monoisotopic (exact) mass is 857 g/mol. The van der Waals surface area contributed by atoms with E-state index in [1.54, 1.807) is 25.1 Å². The standard InChI is InChI=1S/C47H52N7O7P/c1-57-37-21-17-35(18-22-37)47(34-15-7-4-8-16-34,36-19-23-38(58-2)24-20-36)59-31-40-39(61-62(52-25-9-10-26-52)53-27-11-12-28-53)30-42(60-40)54-32-48-43-44(54)50-46(51-45(43)56)49-41(55)29-33-13-5-3-6-14-33/h3-8,13-24,32,39-40,42H,9-12,25-31H2,1-2H3,(H2,49,50,51,55,56)/t39-,40+,42+/m0/s1. The highest BCUT2D eigenvalue weighted by atomic mass is 31.2. The molecule has 62 heavy (non-hydrogen) atoms. The summed E-state index contributed by atoms with van der Waals surface area (Å²) in [6.45, 7) is 4.11. The van der Waals surface area contributed by atoms with Gasteiger partial charge in [-0.25, -0.2) is 14.3 Å². The number of hydrogen-bond donors (Lipinski definition) is 2. The first-order valence-electron chi connectivity index (χ1n) is 21.3. The van der Waals surface area contributed by atoms with Crippen LogP contribution in [-0.4, -0.2) is 94.0 Å². The van der Waals surface area contributed by atoms with E-state index >= 15 is 0 Å². The number of nitrogens with zero attached hydrogens (tertiary/aromatic N) is 5. The van der Waals surface area contributed by atoms with Gasteiger partial charge >= 0.3 is 0 Å². The van der Waals surface area contributed by atoms with E-state index in [1.807, 2.05) is 97.1 Å². The largest absolute Gasteiger partial charge is 0.497 e. The Hall–Kier alpha value is -5.47. The van der Waals surface area contributed by atoms with Gasteiger partial charge in [-0.1, -0.05) is 84.9 Å². The number of ether oxygens (including phenoxy) is 4. The van der Waals surface area contributed by atoms with Crippen molar-refractivity contribution in [3.63, 3.8) is 0 Å². The Bertz CT molecular complexity index is 2410. The lowest BCUT2D eigenvalue weighted by atomic mass is 9.80. The average Bonchev–Trinajstić information content (AvgIpc) is 4.16. The van der Waals surface area contributed by atoms with Gasteiger partial charge in [0.15, 0.2) is 19.6 Å². The van der Waals surface area contributed by atoms with Gasteiger partial charge in [-0.05, 0) is 72.2 Å². The van der Waals surface area contributed by atoms with Gasteiger partial charge in [0.2, 0.25) is 11.9 Å². The number of imidazole rings is 1. The summed E-state index contributed by atoms with van der Waals surface area (Å²) in [7, 11) is 2.24. The van der Waals surface area contributed by atoms with Crippen LogP contribution in [0.5, 0.6) is 11.5 Å². The molecule has 2 aromatic heterocycles. The molecule has 14 nitrogen and oxygen atoms in total. The third-order valence-electron chi connectivity index (χ3n) is 11.9. The molecule has 0 unspecified atom stereocenters. The molecule has 2 N–H and O–H groups in total. The summed E-state index contributed by atoms with van der Waals surface area (Å²) in [4.78, 5) is 38.4. The van der Waals surface area contributed by atoms with Crippen molar-refractivity contribution in [3.8, 4) is 11.5 Å². The highest BCUT2D eigenvalue weighted by molar-refractivity contribution is 7.47. The molecule has 322 valence electrons. The maximum absolute atomic E-state index is 13.4. The predicted molar refractivity (Wildman–Crippen MR) is 237 cm³/mol. The highest BCUT2D eigenvalue weighted by Crippen LogP contribution is 2.53. The van der Waals surface area contributed by atoms with Crippen molar-refractivity contribution in [2.24, 2.45) is 0 Å². The number of rotatable bonds is 16. The summed E-state index contributed by atoms with van der Waals surface area (Å²) in [5, 5.41) is 2.78. The van der Waals surface area contributed by atoms with E-state index in [9.17, 15) is 9.59 Å². The van der Waals surface area contributed by atoms with Gasteiger partial charge in [-0.3, -0.25) is 24.5 Å².